The molecule has 1 saturated heterocycles. The lowest BCUT2D eigenvalue weighted by molar-refractivity contribution is -0.122. The highest BCUT2D eigenvalue weighted by Crippen LogP contribution is 2.33. The Bertz CT molecular complexity index is 1260. The number of rotatable bonds is 5. The first-order chi connectivity index (χ1) is 17.0. The minimum absolute atomic E-state index is 0.191. The summed E-state index contributed by atoms with van der Waals surface area (Å²) >= 11 is 0. The quantitative estimate of drug-likeness (QED) is 0.276. The van der Waals surface area contributed by atoms with Gasteiger partial charge >= 0.3 is 0 Å². The van der Waals surface area contributed by atoms with Crippen molar-refractivity contribution in [1.29, 1.82) is 0 Å². The van der Waals surface area contributed by atoms with E-state index in [4.69, 9.17) is 9.90 Å². The number of pyridine rings is 1. The van der Waals surface area contributed by atoms with Crippen molar-refractivity contribution in [3.8, 4) is 11.3 Å². The number of carbonyl (C=O) groups is 1. The summed E-state index contributed by atoms with van der Waals surface area (Å²) in [7, 11) is 2.00. The van der Waals surface area contributed by atoms with E-state index in [1.807, 2.05) is 6.20 Å². The monoisotopic (exact) mass is 489 g/mol. The van der Waals surface area contributed by atoms with Crippen LogP contribution in [-0.4, -0.2) is 73.0 Å². The molecule has 0 spiro atoms. The van der Waals surface area contributed by atoms with Crippen molar-refractivity contribution in [2.45, 2.75) is 0 Å². The molecule has 3 heterocycles. The Morgan fingerprint density at radius 3 is 2.37 bits per heavy atom. The van der Waals surface area contributed by atoms with E-state index >= 15 is 0 Å². The molecular weight excluding hydrogens is 457 g/mol. The Morgan fingerprint density at radius 2 is 1.69 bits per heavy atom. The van der Waals surface area contributed by atoms with Crippen LogP contribution in [0.4, 0.5) is 17.1 Å². The number of H-pyrrole nitrogens is 1. The molecule has 1 aliphatic heterocycles. The van der Waals surface area contributed by atoms with E-state index in [1.165, 1.54) is 22.2 Å². The van der Waals surface area contributed by atoms with Crippen LogP contribution in [0.1, 0.15) is 0 Å². The van der Waals surface area contributed by atoms with E-state index < -0.39 is 0 Å². The number of piperazine rings is 1. The second-order valence-electron chi connectivity index (χ2n) is 8.78. The fraction of sp³-hybridized carbons (Fsp3) is 0.259. The molecule has 0 amide bonds. The average Bonchev–Trinajstić information content (AvgIpc) is 3.31. The predicted octanol–water partition coefficient (Wildman–Crippen LogP) is 4.79. The molecule has 0 radical (unpaired) electrons. The van der Waals surface area contributed by atoms with Crippen molar-refractivity contribution < 1.29 is 9.90 Å². The molecule has 0 bridgehead atoms. The highest BCUT2D eigenvalue weighted by atomic mass is 31.1. The molecule has 0 unspecified atom stereocenters. The van der Waals surface area contributed by atoms with Crippen LogP contribution in [-0.2, 0) is 4.79 Å². The third kappa shape index (κ3) is 5.81. The van der Waals surface area contributed by atoms with Gasteiger partial charge in [0, 0.05) is 54.8 Å². The molecular formula is C27H32N5O2P. The van der Waals surface area contributed by atoms with Gasteiger partial charge in [-0.15, -0.1) is 0 Å². The number of likely N-dealkylation sites (N-methyl/N-ethyl adjacent to an activating group) is 1. The first kappa shape index (κ1) is 24.7. The predicted molar refractivity (Wildman–Crippen MR) is 148 cm³/mol. The maximum absolute atomic E-state index is 8.36. The maximum atomic E-state index is 8.36. The minimum atomic E-state index is -0.250. The molecule has 3 N–H and O–H groups in total. The summed E-state index contributed by atoms with van der Waals surface area (Å²) in [4.78, 5) is 21.3. The van der Waals surface area contributed by atoms with Gasteiger partial charge in [0.2, 0.25) is 0 Å². The van der Waals surface area contributed by atoms with Crippen LogP contribution in [0.2, 0.25) is 0 Å². The van der Waals surface area contributed by atoms with Gasteiger partial charge in [-0.1, -0.05) is 38.3 Å². The summed E-state index contributed by atoms with van der Waals surface area (Å²) in [5.74, 6) is 0. The molecule has 1 aliphatic rings. The fourth-order valence-corrected chi connectivity index (χ4v) is 5.32. The SMILES string of the molecule is CN1CCN(c2ccc(-c3cc4c(Nc5ccccc5P(C)C)ccnc4[nH]3)cc2)CC1.O=CO. The zero-order valence-electron chi connectivity index (χ0n) is 20.4. The number of para-hydroxylation sites is 1. The van der Waals surface area contributed by atoms with E-state index in [-0.39, 0.29) is 14.4 Å². The van der Waals surface area contributed by atoms with Gasteiger partial charge in [0.05, 0.1) is 5.69 Å². The lowest BCUT2D eigenvalue weighted by Gasteiger charge is -2.34. The number of benzene rings is 2. The van der Waals surface area contributed by atoms with Gasteiger partial charge in [0.15, 0.2) is 0 Å². The van der Waals surface area contributed by atoms with Gasteiger partial charge in [-0.25, -0.2) is 4.98 Å². The van der Waals surface area contributed by atoms with E-state index in [9.17, 15) is 0 Å². The number of hydrogen-bond acceptors (Lipinski definition) is 5. The Hall–Kier alpha value is -3.41. The Labute approximate surface area is 207 Å². The van der Waals surface area contributed by atoms with Crippen LogP contribution >= 0.6 is 7.92 Å². The van der Waals surface area contributed by atoms with Gasteiger partial charge in [-0.05, 0) is 61.6 Å². The number of fused-ring (bicyclic) bond motifs is 1. The molecule has 4 aromatic rings. The van der Waals surface area contributed by atoms with Crippen molar-refractivity contribution >= 4 is 47.8 Å². The topological polar surface area (TPSA) is 84.5 Å². The number of nitrogens with one attached hydrogen (secondary N) is 2. The first-order valence-corrected chi connectivity index (χ1v) is 13.9. The molecule has 0 saturated carbocycles. The number of aromatic amines is 1. The Kier molecular flexibility index (Phi) is 8.01. The Balaban J connectivity index is 0.000000917. The summed E-state index contributed by atoms with van der Waals surface area (Å²) in [5, 5.41) is 13.0. The number of anilines is 3. The largest absolute Gasteiger partial charge is 0.483 e. The van der Waals surface area contributed by atoms with Crippen molar-refractivity contribution in [2.24, 2.45) is 0 Å². The third-order valence-electron chi connectivity index (χ3n) is 6.23. The minimum Gasteiger partial charge on any atom is -0.483 e. The van der Waals surface area contributed by atoms with Gasteiger partial charge in [-0.2, -0.15) is 0 Å². The molecule has 2 aromatic heterocycles. The highest BCUT2D eigenvalue weighted by molar-refractivity contribution is 7.64. The fourth-order valence-electron chi connectivity index (χ4n) is 4.32. The summed E-state index contributed by atoms with van der Waals surface area (Å²) in [6.45, 7) is 8.73. The molecule has 35 heavy (non-hydrogen) atoms. The van der Waals surface area contributed by atoms with Crippen LogP contribution in [0.15, 0.2) is 66.9 Å². The normalized spacial score (nSPS) is 14.0. The molecule has 182 valence electrons. The van der Waals surface area contributed by atoms with Crippen LogP contribution in [0.5, 0.6) is 0 Å². The van der Waals surface area contributed by atoms with Gasteiger partial charge in [0.25, 0.3) is 6.47 Å². The van der Waals surface area contributed by atoms with Crippen molar-refractivity contribution in [3.05, 3.63) is 66.9 Å². The van der Waals surface area contributed by atoms with Crippen molar-refractivity contribution in [1.82, 2.24) is 14.9 Å². The van der Waals surface area contributed by atoms with E-state index in [0.717, 1.165) is 48.6 Å². The summed E-state index contributed by atoms with van der Waals surface area (Å²) in [6.07, 6.45) is 1.87. The molecule has 2 aromatic carbocycles. The van der Waals surface area contributed by atoms with Crippen molar-refractivity contribution in [2.75, 3.05) is 56.8 Å². The number of hydrogen-bond donors (Lipinski definition) is 3. The molecule has 0 aliphatic carbocycles. The maximum Gasteiger partial charge on any atom is 0.290 e. The lowest BCUT2D eigenvalue weighted by atomic mass is 10.1. The Morgan fingerprint density at radius 1 is 1.00 bits per heavy atom. The van der Waals surface area contributed by atoms with Crippen LogP contribution < -0.4 is 15.5 Å². The second-order valence-corrected chi connectivity index (χ2v) is 11.1. The summed E-state index contributed by atoms with van der Waals surface area (Å²) < 4.78 is 0. The molecule has 7 nitrogen and oxygen atoms in total. The average molecular weight is 490 g/mol. The molecule has 0 atom stereocenters. The van der Waals surface area contributed by atoms with Crippen LogP contribution in [0.25, 0.3) is 22.3 Å². The van der Waals surface area contributed by atoms with Crippen LogP contribution in [0.3, 0.4) is 0 Å². The standard InChI is InChI=1S/C26H30N5P.CH2O2/c1-30-14-16-31(17-15-30)20-10-8-19(9-11-20)24-18-21-22(12-13-27-26(21)29-24)28-23-6-4-5-7-25(23)32(2)3;2-1-3/h4-13,18H,14-17H2,1-3H3,(H2,27,28,29);1H,(H,2,3). The summed E-state index contributed by atoms with van der Waals surface area (Å²) in [5.41, 5.74) is 6.73. The lowest BCUT2D eigenvalue weighted by Crippen LogP contribution is -2.44. The first-order valence-electron chi connectivity index (χ1n) is 11.6. The highest BCUT2D eigenvalue weighted by Gasteiger charge is 2.15. The molecule has 8 heteroatoms. The van der Waals surface area contributed by atoms with E-state index in [1.54, 1.807) is 0 Å². The number of carboxylic acid groups (broad SMARTS) is 1. The zero-order valence-corrected chi connectivity index (χ0v) is 21.3. The zero-order chi connectivity index (χ0) is 24.8. The third-order valence-corrected chi connectivity index (χ3v) is 7.59. The summed E-state index contributed by atoms with van der Waals surface area (Å²) in [6, 6.07) is 21.7. The van der Waals surface area contributed by atoms with Gasteiger partial charge in [-0.3, -0.25) is 4.79 Å². The van der Waals surface area contributed by atoms with Crippen molar-refractivity contribution in [3.63, 3.8) is 0 Å². The van der Waals surface area contributed by atoms with Gasteiger partial charge < -0.3 is 25.2 Å². The number of nitrogens with zero attached hydrogens (tertiary/aromatic N) is 3. The van der Waals surface area contributed by atoms with E-state index in [2.05, 4.69) is 106 Å². The second kappa shape index (κ2) is 11.3. The van der Waals surface area contributed by atoms with Gasteiger partial charge in [0.1, 0.15) is 5.65 Å². The molecule has 1 fully saturated rings. The smallest absolute Gasteiger partial charge is 0.290 e. The van der Waals surface area contributed by atoms with E-state index in [0.29, 0.717) is 0 Å². The molecule has 5 rings (SSSR count). The number of aromatic nitrogens is 2. The van der Waals surface area contributed by atoms with Crippen LogP contribution in [0, 0.1) is 0 Å².